The Balaban J connectivity index is 2.39. The van der Waals surface area contributed by atoms with E-state index in [9.17, 15) is 9.59 Å². The average molecular weight is 301 g/mol. The molecule has 0 bridgehead atoms. The fourth-order valence-corrected chi connectivity index (χ4v) is 2.82. The van der Waals surface area contributed by atoms with Gasteiger partial charge in [-0.2, -0.15) is 0 Å². The van der Waals surface area contributed by atoms with E-state index in [-0.39, 0.29) is 11.5 Å². The molecule has 0 saturated carbocycles. The zero-order chi connectivity index (χ0) is 16.3. The molecule has 1 aromatic carbocycles. The fraction of sp³-hybridized carbons (Fsp3) is 0.412. The molecule has 118 valence electrons. The van der Waals surface area contributed by atoms with Crippen LogP contribution in [-0.2, 0) is 0 Å². The maximum absolute atomic E-state index is 12.6. The topological polar surface area (TPSA) is 88.0 Å². The number of hydrogen-bond acceptors (Lipinski definition) is 3. The van der Waals surface area contributed by atoms with Crippen molar-refractivity contribution in [3.8, 4) is 0 Å². The third-order valence-corrected chi connectivity index (χ3v) is 3.72. The predicted octanol–water partition coefficient (Wildman–Crippen LogP) is 2.02. The van der Waals surface area contributed by atoms with Gasteiger partial charge in [0.25, 0.3) is 5.91 Å². The number of pyridine rings is 1. The highest BCUT2D eigenvalue weighted by molar-refractivity contribution is 6.06. The number of carbonyl (C=O) groups is 1. The zero-order valence-corrected chi connectivity index (χ0v) is 13.3. The molecule has 2 aromatic rings. The summed E-state index contributed by atoms with van der Waals surface area (Å²) in [5.41, 5.74) is 6.09. The summed E-state index contributed by atoms with van der Waals surface area (Å²) in [6, 6.07) is 8.60. The van der Waals surface area contributed by atoms with Crippen LogP contribution in [0, 0.1) is 5.92 Å². The first-order chi connectivity index (χ1) is 10.3. The first-order valence-electron chi connectivity index (χ1n) is 7.49. The quantitative estimate of drug-likeness (QED) is 0.789. The van der Waals surface area contributed by atoms with E-state index in [2.05, 4.69) is 24.1 Å². The van der Waals surface area contributed by atoms with E-state index >= 15 is 0 Å². The van der Waals surface area contributed by atoms with E-state index in [1.807, 2.05) is 25.1 Å². The Morgan fingerprint density at radius 1 is 1.36 bits per heavy atom. The Morgan fingerprint density at radius 3 is 2.68 bits per heavy atom. The number of nitrogens with one attached hydrogen (secondary N) is 2. The number of fused-ring (bicyclic) bond motifs is 1. The summed E-state index contributed by atoms with van der Waals surface area (Å²) in [6.45, 7) is 6.45. The van der Waals surface area contributed by atoms with Crippen molar-refractivity contribution in [3.63, 3.8) is 0 Å². The van der Waals surface area contributed by atoms with Crippen LogP contribution in [0.1, 0.15) is 37.6 Å². The molecule has 0 aliphatic rings. The number of aromatic nitrogens is 1. The number of aromatic amines is 1. The van der Waals surface area contributed by atoms with Crippen molar-refractivity contribution in [2.45, 2.75) is 32.7 Å². The Morgan fingerprint density at radius 2 is 2.05 bits per heavy atom. The second kappa shape index (κ2) is 6.32. The Kier molecular flexibility index (Phi) is 4.66. The van der Waals surface area contributed by atoms with Gasteiger partial charge in [-0.25, -0.2) is 0 Å². The van der Waals surface area contributed by atoms with Crippen molar-refractivity contribution in [1.82, 2.24) is 10.3 Å². The number of amides is 1. The van der Waals surface area contributed by atoms with Crippen LogP contribution in [0.5, 0.6) is 0 Å². The fourth-order valence-electron chi connectivity index (χ4n) is 2.82. The molecule has 1 unspecified atom stereocenters. The third-order valence-electron chi connectivity index (χ3n) is 3.72. The molecular weight excluding hydrogens is 278 g/mol. The van der Waals surface area contributed by atoms with Gasteiger partial charge in [0.15, 0.2) is 0 Å². The van der Waals surface area contributed by atoms with E-state index < -0.39 is 5.54 Å². The highest BCUT2D eigenvalue weighted by Gasteiger charge is 2.27. The molecule has 1 heterocycles. The molecule has 4 N–H and O–H groups in total. The van der Waals surface area contributed by atoms with Crippen LogP contribution in [0.3, 0.4) is 0 Å². The monoisotopic (exact) mass is 301 g/mol. The summed E-state index contributed by atoms with van der Waals surface area (Å²) in [4.78, 5) is 27.1. The van der Waals surface area contributed by atoms with Crippen molar-refractivity contribution in [2.24, 2.45) is 11.7 Å². The van der Waals surface area contributed by atoms with Crippen LogP contribution < -0.4 is 16.6 Å². The second-order valence-electron chi connectivity index (χ2n) is 6.41. The van der Waals surface area contributed by atoms with Gasteiger partial charge in [0.1, 0.15) is 0 Å². The van der Waals surface area contributed by atoms with Crippen molar-refractivity contribution >= 4 is 16.8 Å². The van der Waals surface area contributed by atoms with Gasteiger partial charge in [-0.1, -0.05) is 32.0 Å². The number of para-hydroxylation sites is 1. The van der Waals surface area contributed by atoms with Gasteiger partial charge in [0.2, 0.25) is 5.56 Å². The number of H-pyrrole nitrogens is 1. The summed E-state index contributed by atoms with van der Waals surface area (Å²) < 4.78 is 0. The summed E-state index contributed by atoms with van der Waals surface area (Å²) in [5, 5.41) is 3.72. The van der Waals surface area contributed by atoms with Crippen LogP contribution in [0.2, 0.25) is 0 Å². The maximum atomic E-state index is 12.6. The van der Waals surface area contributed by atoms with Crippen LogP contribution in [0.25, 0.3) is 10.9 Å². The minimum Gasteiger partial charge on any atom is -0.346 e. The lowest BCUT2D eigenvalue weighted by Gasteiger charge is -2.31. The Hall–Kier alpha value is -2.14. The Bertz CT molecular complexity index is 736. The summed E-state index contributed by atoms with van der Waals surface area (Å²) in [7, 11) is 0. The molecule has 0 spiro atoms. The molecule has 0 fully saturated rings. The molecule has 5 heteroatoms. The highest BCUT2D eigenvalue weighted by Crippen LogP contribution is 2.19. The van der Waals surface area contributed by atoms with Gasteiger partial charge in [0, 0.05) is 29.1 Å². The molecule has 22 heavy (non-hydrogen) atoms. The largest absolute Gasteiger partial charge is 0.346 e. The highest BCUT2D eigenvalue weighted by atomic mass is 16.2. The minimum absolute atomic E-state index is 0.268. The van der Waals surface area contributed by atoms with Gasteiger partial charge < -0.3 is 16.0 Å². The first-order valence-corrected chi connectivity index (χ1v) is 7.49. The first kappa shape index (κ1) is 16.2. The number of carbonyl (C=O) groups excluding carboxylic acids is 1. The molecule has 2 rings (SSSR count). The lowest BCUT2D eigenvalue weighted by Crippen LogP contribution is -2.52. The molecule has 0 saturated heterocycles. The van der Waals surface area contributed by atoms with Crippen LogP contribution >= 0.6 is 0 Å². The van der Waals surface area contributed by atoms with E-state index in [4.69, 9.17) is 5.73 Å². The molecule has 1 amide bonds. The molecular formula is C17H23N3O2. The van der Waals surface area contributed by atoms with E-state index in [1.165, 1.54) is 6.07 Å². The molecule has 0 aliphatic heterocycles. The lowest BCUT2D eigenvalue weighted by atomic mass is 9.90. The summed E-state index contributed by atoms with van der Waals surface area (Å²) >= 11 is 0. The average Bonchev–Trinajstić information content (AvgIpc) is 2.45. The van der Waals surface area contributed by atoms with Gasteiger partial charge in [-0.15, -0.1) is 0 Å². The van der Waals surface area contributed by atoms with Crippen LogP contribution in [-0.4, -0.2) is 23.0 Å². The van der Waals surface area contributed by atoms with Crippen molar-refractivity contribution < 1.29 is 4.79 Å². The SMILES string of the molecule is CC(C)CC(C)(CN)NC(=O)c1cc(=O)[nH]c2ccccc12. The number of hydrogen-bond donors (Lipinski definition) is 3. The van der Waals surface area contributed by atoms with Gasteiger partial charge in [-0.05, 0) is 25.3 Å². The van der Waals surface area contributed by atoms with Gasteiger partial charge in [-0.3, -0.25) is 9.59 Å². The van der Waals surface area contributed by atoms with Crippen molar-refractivity contribution in [3.05, 3.63) is 46.2 Å². The molecule has 1 aromatic heterocycles. The van der Waals surface area contributed by atoms with Crippen molar-refractivity contribution in [1.29, 1.82) is 0 Å². The van der Waals surface area contributed by atoms with Gasteiger partial charge >= 0.3 is 0 Å². The Labute approximate surface area is 129 Å². The number of rotatable bonds is 5. The molecule has 1 atom stereocenters. The summed E-state index contributed by atoms with van der Waals surface area (Å²) in [5.74, 6) is 0.140. The normalized spacial score (nSPS) is 14.0. The van der Waals surface area contributed by atoms with Crippen molar-refractivity contribution in [2.75, 3.05) is 6.54 Å². The lowest BCUT2D eigenvalue weighted by molar-refractivity contribution is 0.0900. The van der Waals surface area contributed by atoms with E-state index in [0.29, 0.717) is 23.5 Å². The predicted molar refractivity (Wildman–Crippen MR) is 88.9 cm³/mol. The van der Waals surface area contributed by atoms with Crippen LogP contribution in [0.4, 0.5) is 0 Å². The van der Waals surface area contributed by atoms with E-state index in [0.717, 1.165) is 11.8 Å². The number of benzene rings is 1. The van der Waals surface area contributed by atoms with E-state index in [1.54, 1.807) is 6.07 Å². The maximum Gasteiger partial charge on any atom is 0.252 e. The number of nitrogens with two attached hydrogens (primary N) is 1. The van der Waals surface area contributed by atoms with Crippen LogP contribution in [0.15, 0.2) is 35.1 Å². The minimum atomic E-state index is -0.491. The van der Waals surface area contributed by atoms with Gasteiger partial charge in [0.05, 0.1) is 5.56 Å². The zero-order valence-electron chi connectivity index (χ0n) is 13.3. The standard InChI is InChI=1S/C17H23N3O2/c1-11(2)9-17(3,10-18)20-16(22)13-8-15(21)19-14-7-5-4-6-12(13)14/h4-8,11H,9-10,18H2,1-3H3,(H,19,21)(H,20,22). The smallest absolute Gasteiger partial charge is 0.252 e. The molecule has 5 nitrogen and oxygen atoms in total. The third kappa shape index (κ3) is 3.54. The molecule has 0 aliphatic carbocycles. The molecule has 0 radical (unpaired) electrons. The summed E-state index contributed by atoms with van der Waals surface area (Å²) in [6.07, 6.45) is 0.774. The second-order valence-corrected chi connectivity index (χ2v) is 6.41.